The van der Waals surface area contributed by atoms with Gasteiger partial charge in [-0.25, -0.2) is 9.69 Å². The van der Waals surface area contributed by atoms with Crippen molar-refractivity contribution in [3.05, 3.63) is 97.6 Å². The van der Waals surface area contributed by atoms with Crippen molar-refractivity contribution in [1.82, 2.24) is 10.2 Å². The fourth-order valence-electron chi connectivity index (χ4n) is 3.50. The Hall–Kier alpha value is -3.43. The van der Waals surface area contributed by atoms with Crippen LogP contribution in [0.4, 0.5) is 10.5 Å². The van der Waals surface area contributed by atoms with Crippen molar-refractivity contribution in [3.8, 4) is 5.75 Å². The third-order valence-electron chi connectivity index (χ3n) is 5.43. The maximum absolute atomic E-state index is 12.8. The van der Waals surface area contributed by atoms with Gasteiger partial charge in [0.25, 0.3) is 5.91 Å². The Balaban J connectivity index is 1.43. The van der Waals surface area contributed by atoms with Gasteiger partial charge in [0.2, 0.25) is 5.91 Å². The van der Waals surface area contributed by atoms with E-state index in [1.165, 1.54) is 5.56 Å². The van der Waals surface area contributed by atoms with Gasteiger partial charge in [0.1, 0.15) is 24.6 Å². The number of imide groups is 1. The van der Waals surface area contributed by atoms with Gasteiger partial charge in [0.05, 0.1) is 8.95 Å². The predicted octanol–water partition coefficient (Wildman–Crippen LogP) is 5.94. The summed E-state index contributed by atoms with van der Waals surface area (Å²) in [6.07, 6.45) is 1.55. The third kappa shape index (κ3) is 6.22. The molecule has 0 unspecified atom stereocenters. The largest absolute Gasteiger partial charge is 0.487 e. The molecule has 1 aliphatic heterocycles. The van der Waals surface area contributed by atoms with Crippen molar-refractivity contribution in [2.45, 2.75) is 20.5 Å². The van der Waals surface area contributed by atoms with Crippen molar-refractivity contribution in [3.63, 3.8) is 0 Å². The van der Waals surface area contributed by atoms with E-state index >= 15 is 0 Å². The van der Waals surface area contributed by atoms with E-state index in [0.717, 1.165) is 16.0 Å². The predicted molar refractivity (Wildman–Crippen MR) is 145 cm³/mol. The van der Waals surface area contributed by atoms with Crippen LogP contribution in [0.1, 0.15) is 22.3 Å². The molecular formula is C27H23Br2N3O4. The number of nitrogens with one attached hydrogen (secondary N) is 2. The second-order valence-electron chi connectivity index (χ2n) is 8.38. The van der Waals surface area contributed by atoms with Crippen molar-refractivity contribution in [2.24, 2.45) is 0 Å². The first-order chi connectivity index (χ1) is 17.2. The van der Waals surface area contributed by atoms with E-state index in [0.29, 0.717) is 32.6 Å². The molecule has 0 aliphatic carbocycles. The quantitative estimate of drug-likeness (QED) is 0.255. The average molecular weight is 613 g/mol. The van der Waals surface area contributed by atoms with E-state index in [-0.39, 0.29) is 5.70 Å². The minimum atomic E-state index is -0.651. The Bertz CT molecular complexity index is 1330. The Morgan fingerprint density at radius 1 is 0.972 bits per heavy atom. The summed E-state index contributed by atoms with van der Waals surface area (Å²) in [6, 6.07) is 18.2. The zero-order valence-corrected chi connectivity index (χ0v) is 22.8. The summed E-state index contributed by atoms with van der Waals surface area (Å²) < 4.78 is 7.33. The van der Waals surface area contributed by atoms with Crippen molar-refractivity contribution >= 4 is 61.5 Å². The SMILES string of the molecule is Cc1ccc(COc2c(Br)cc(/C=C3/NC(=O)N(CC(=O)Nc4ccc(C)cc4)C3=O)cc2Br)cc1. The Kier molecular flexibility index (Phi) is 7.91. The summed E-state index contributed by atoms with van der Waals surface area (Å²) in [5.41, 5.74) is 4.60. The van der Waals surface area contributed by atoms with Crippen molar-refractivity contribution in [2.75, 3.05) is 11.9 Å². The highest BCUT2D eigenvalue weighted by molar-refractivity contribution is 9.11. The summed E-state index contributed by atoms with van der Waals surface area (Å²) in [5, 5.41) is 5.23. The van der Waals surface area contributed by atoms with Crippen LogP contribution in [-0.4, -0.2) is 29.3 Å². The summed E-state index contributed by atoms with van der Waals surface area (Å²) in [7, 11) is 0. The molecule has 1 aliphatic rings. The van der Waals surface area contributed by atoms with Crippen LogP contribution < -0.4 is 15.4 Å². The Morgan fingerprint density at radius 3 is 2.17 bits per heavy atom. The molecule has 1 heterocycles. The normalized spacial score (nSPS) is 14.2. The summed E-state index contributed by atoms with van der Waals surface area (Å²) >= 11 is 7.04. The van der Waals surface area contributed by atoms with Gasteiger partial charge < -0.3 is 15.4 Å². The minimum absolute atomic E-state index is 0.0789. The maximum atomic E-state index is 12.8. The van der Waals surface area contributed by atoms with Gasteiger partial charge in [-0.3, -0.25) is 9.59 Å². The first-order valence-corrected chi connectivity index (χ1v) is 12.7. The Morgan fingerprint density at radius 2 is 1.56 bits per heavy atom. The smallest absolute Gasteiger partial charge is 0.329 e. The summed E-state index contributed by atoms with van der Waals surface area (Å²) in [5.74, 6) is -0.427. The number of hydrogen-bond acceptors (Lipinski definition) is 4. The van der Waals surface area contributed by atoms with Crippen LogP contribution >= 0.6 is 31.9 Å². The van der Waals surface area contributed by atoms with Gasteiger partial charge in [-0.15, -0.1) is 0 Å². The first kappa shape index (κ1) is 25.7. The molecule has 0 bridgehead atoms. The molecule has 1 fully saturated rings. The minimum Gasteiger partial charge on any atom is -0.487 e. The van der Waals surface area contributed by atoms with Gasteiger partial charge in [-0.2, -0.15) is 0 Å². The number of halogens is 2. The number of amides is 4. The van der Waals surface area contributed by atoms with Crippen LogP contribution in [0.2, 0.25) is 0 Å². The van der Waals surface area contributed by atoms with Gasteiger partial charge in [0, 0.05) is 5.69 Å². The topological polar surface area (TPSA) is 87.7 Å². The molecule has 4 rings (SSSR count). The molecule has 0 saturated carbocycles. The number of anilines is 1. The van der Waals surface area contributed by atoms with E-state index in [9.17, 15) is 14.4 Å². The number of rotatable bonds is 7. The number of urea groups is 1. The molecule has 184 valence electrons. The molecule has 9 heteroatoms. The fourth-order valence-corrected chi connectivity index (χ4v) is 4.95. The first-order valence-electron chi connectivity index (χ1n) is 11.1. The monoisotopic (exact) mass is 611 g/mol. The zero-order chi connectivity index (χ0) is 25.8. The second-order valence-corrected chi connectivity index (χ2v) is 10.1. The molecule has 4 amide bonds. The molecule has 0 spiro atoms. The maximum Gasteiger partial charge on any atom is 0.329 e. The van der Waals surface area contributed by atoms with E-state index < -0.39 is 24.4 Å². The highest BCUT2D eigenvalue weighted by Crippen LogP contribution is 2.36. The van der Waals surface area contributed by atoms with E-state index in [4.69, 9.17) is 4.74 Å². The van der Waals surface area contributed by atoms with Crippen LogP contribution in [0, 0.1) is 13.8 Å². The number of carbonyl (C=O) groups excluding carboxylic acids is 3. The molecular weight excluding hydrogens is 590 g/mol. The lowest BCUT2D eigenvalue weighted by molar-refractivity contribution is -0.127. The molecule has 1 saturated heterocycles. The van der Waals surface area contributed by atoms with E-state index in [1.54, 1.807) is 30.3 Å². The molecule has 0 radical (unpaired) electrons. The fraction of sp³-hybridized carbons (Fsp3) is 0.148. The highest BCUT2D eigenvalue weighted by atomic mass is 79.9. The van der Waals surface area contributed by atoms with Gasteiger partial charge in [-0.05, 0) is 87.2 Å². The average Bonchev–Trinajstić information content (AvgIpc) is 3.08. The molecule has 2 N–H and O–H groups in total. The molecule has 3 aromatic rings. The molecule has 36 heavy (non-hydrogen) atoms. The molecule has 0 atom stereocenters. The number of nitrogens with zero attached hydrogens (tertiary/aromatic N) is 1. The highest BCUT2D eigenvalue weighted by Gasteiger charge is 2.35. The van der Waals surface area contributed by atoms with Crippen molar-refractivity contribution < 1.29 is 19.1 Å². The number of benzene rings is 3. The number of carbonyl (C=O) groups is 3. The van der Waals surface area contributed by atoms with Crippen LogP contribution in [0.25, 0.3) is 6.08 Å². The van der Waals surface area contributed by atoms with Crippen molar-refractivity contribution in [1.29, 1.82) is 0 Å². The summed E-state index contributed by atoms with van der Waals surface area (Å²) in [6.45, 7) is 3.97. The molecule has 7 nitrogen and oxygen atoms in total. The van der Waals surface area contributed by atoms with Gasteiger partial charge in [0.15, 0.2) is 0 Å². The second kappa shape index (κ2) is 11.1. The third-order valence-corrected chi connectivity index (χ3v) is 6.61. The van der Waals surface area contributed by atoms with Crippen LogP contribution in [0.5, 0.6) is 5.75 Å². The molecule has 0 aromatic heterocycles. The van der Waals surface area contributed by atoms with Crippen LogP contribution in [0.3, 0.4) is 0 Å². The summed E-state index contributed by atoms with van der Waals surface area (Å²) in [4.78, 5) is 38.5. The molecule has 3 aromatic carbocycles. The lowest BCUT2D eigenvalue weighted by Gasteiger charge is -2.12. The number of ether oxygens (including phenoxy) is 1. The Labute approximate surface area is 225 Å². The zero-order valence-electron chi connectivity index (χ0n) is 19.6. The van der Waals surface area contributed by atoms with Crippen LogP contribution in [0.15, 0.2) is 75.3 Å². The standard InChI is InChI=1S/C27H23Br2N3O4/c1-16-3-7-18(8-4-16)15-36-25-21(28)11-19(12-22(25)29)13-23-26(34)32(27(35)31-23)14-24(33)30-20-9-5-17(2)6-10-20/h3-13H,14-15H2,1-2H3,(H,30,33)(H,31,35)/b23-13+. The van der Waals surface area contributed by atoms with Gasteiger partial charge in [-0.1, -0.05) is 47.5 Å². The number of aryl methyl sites for hydroxylation is 2. The lowest BCUT2D eigenvalue weighted by Crippen LogP contribution is -2.38. The van der Waals surface area contributed by atoms with Gasteiger partial charge >= 0.3 is 6.03 Å². The van der Waals surface area contributed by atoms with E-state index in [1.807, 2.05) is 50.2 Å². The van der Waals surface area contributed by atoms with Crippen LogP contribution in [-0.2, 0) is 16.2 Å². The number of hydrogen-bond donors (Lipinski definition) is 2. The van der Waals surface area contributed by atoms with E-state index in [2.05, 4.69) is 42.5 Å². The lowest BCUT2D eigenvalue weighted by atomic mass is 10.1.